The molecule has 0 spiro atoms. The van der Waals surface area contributed by atoms with Crippen LogP contribution in [0.15, 0.2) is 52.3 Å². The van der Waals surface area contributed by atoms with E-state index in [9.17, 15) is 18.0 Å². The zero-order valence-corrected chi connectivity index (χ0v) is 18.2. The van der Waals surface area contributed by atoms with E-state index >= 15 is 0 Å². The number of sulfone groups is 1. The maximum absolute atomic E-state index is 12.8. The summed E-state index contributed by atoms with van der Waals surface area (Å²) in [7, 11) is -3.68. The number of nitrogens with one attached hydrogen (secondary N) is 2. The van der Waals surface area contributed by atoms with Gasteiger partial charge in [0.1, 0.15) is 0 Å². The molecule has 0 aliphatic carbocycles. The molecule has 2 N–H and O–H groups in total. The molecule has 8 heteroatoms. The van der Waals surface area contributed by atoms with Gasteiger partial charge in [0, 0.05) is 17.4 Å². The van der Waals surface area contributed by atoms with Gasteiger partial charge < -0.3 is 10.6 Å². The molecule has 3 rings (SSSR count). The van der Waals surface area contributed by atoms with Gasteiger partial charge in [-0.25, -0.2) is 8.42 Å². The average Bonchev–Trinajstić information content (AvgIpc) is 2.67. The first kappa shape index (κ1) is 21.4. The van der Waals surface area contributed by atoms with Crippen LogP contribution in [0.3, 0.4) is 0 Å². The van der Waals surface area contributed by atoms with E-state index in [1.54, 1.807) is 19.9 Å². The fourth-order valence-corrected chi connectivity index (χ4v) is 5.46. The summed E-state index contributed by atoms with van der Waals surface area (Å²) in [6.07, 6.45) is 0. The fraction of sp³-hybridized carbons (Fsp3) is 0.333. The highest BCUT2D eigenvalue weighted by atomic mass is 32.2. The third-order valence-electron chi connectivity index (χ3n) is 4.75. The monoisotopic (exact) mass is 432 g/mol. The molecule has 2 amide bonds. The van der Waals surface area contributed by atoms with Crippen LogP contribution in [0.2, 0.25) is 0 Å². The lowest BCUT2D eigenvalue weighted by Gasteiger charge is -2.22. The maximum atomic E-state index is 12.8. The van der Waals surface area contributed by atoms with Crippen molar-refractivity contribution in [2.45, 2.75) is 42.4 Å². The standard InChI is InChI=1S/C21H24N2O4S2/c1-13-4-6-16(7-5-13)11-22-20(24)14(2)12-29(26,27)17-8-9-19-18(10-17)23-21(25)15(3)28-19/h4-10,14-15H,11-12H2,1-3H3,(H,22,24)(H,23,25)/t14-,15+/m0/s1. The Labute approximate surface area is 175 Å². The van der Waals surface area contributed by atoms with E-state index in [1.807, 2.05) is 31.2 Å². The summed E-state index contributed by atoms with van der Waals surface area (Å²) in [5, 5.41) is 5.31. The molecular weight excluding hydrogens is 408 g/mol. The lowest BCUT2D eigenvalue weighted by Crippen LogP contribution is -2.32. The number of carbonyl (C=O) groups excluding carboxylic acids is 2. The van der Waals surface area contributed by atoms with Crippen molar-refractivity contribution < 1.29 is 18.0 Å². The molecular formula is C21H24N2O4S2. The predicted octanol–water partition coefficient (Wildman–Crippen LogP) is 3.15. The second-order valence-corrected chi connectivity index (χ2v) is 10.7. The quantitative estimate of drug-likeness (QED) is 0.732. The molecule has 154 valence electrons. The molecule has 0 radical (unpaired) electrons. The number of carbonyl (C=O) groups is 2. The fourth-order valence-electron chi connectivity index (χ4n) is 2.95. The Kier molecular flexibility index (Phi) is 6.33. The van der Waals surface area contributed by atoms with E-state index in [-0.39, 0.29) is 27.7 Å². The number of amides is 2. The van der Waals surface area contributed by atoms with Crippen LogP contribution in [0, 0.1) is 12.8 Å². The summed E-state index contributed by atoms with van der Waals surface area (Å²) in [5.74, 6) is -1.47. The Hall–Kier alpha value is -2.32. The van der Waals surface area contributed by atoms with Crippen LogP contribution in [-0.2, 0) is 26.0 Å². The minimum atomic E-state index is -3.68. The van der Waals surface area contributed by atoms with Crippen molar-refractivity contribution in [1.82, 2.24) is 5.32 Å². The van der Waals surface area contributed by atoms with Crippen LogP contribution in [0.4, 0.5) is 5.69 Å². The second-order valence-electron chi connectivity index (χ2n) is 7.29. The number of fused-ring (bicyclic) bond motifs is 1. The van der Waals surface area contributed by atoms with E-state index in [2.05, 4.69) is 10.6 Å². The molecule has 29 heavy (non-hydrogen) atoms. The Morgan fingerprint density at radius 1 is 1.21 bits per heavy atom. The normalized spacial score (nSPS) is 17.2. The number of aryl methyl sites for hydroxylation is 1. The molecule has 1 aliphatic heterocycles. The third kappa shape index (κ3) is 5.19. The van der Waals surface area contributed by atoms with Crippen LogP contribution >= 0.6 is 11.8 Å². The Morgan fingerprint density at radius 2 is 1.90 bits per heavy atom. The summed E-state index contributed by atoms with van der Waals surface area (Å²) < 4.78 is 25.6. The summed E-state index contributed by atoms with van der Waals surface area (Å²) in [6.45, 7) is 5.73. The van der Waals surface area contributed by atoms with Crippen molar-refractivity contribution in [2.24, 2.45) is 5.92 Å². The van der Waals surface area contributed by atoms with E-state index in [1.165, 1.54) is 23.9 Å². The maximum Gasteiger partial charge on any atom is 0.237 e. The molecule has 0 saturated carbocycles. The molecule has 0 aromatic heterocycles. The number of hydrogen-bond donors (Lipinski definition) is 2. The number of anilines is 1. The highest BCUT2D eigenvalue weighted by molar-refractivity contribution is 8.01. The first-order valence-corrected chi connectivity index (χ1v) is 11.9. The minimum Gasteiger partial charge on any atom is -0.352 e. The second kappa shape index (κ2) is 8.59. The molecule has 0 unspecified atom stereocenters. The van der Waals surface area contributed by atoms with Crippen molar-refractivity contribution in [3.63, 3.8) is 0 Å². The number of benzene rings is 2. The topological polar surface area (TPSA) is 92.3 Å². The minimum absolute atomic E-state index is 0.102. The van der Waals surface area contributed by atoms with Gasteiger partial charge >= 0.3 is 0 Å². The van der Waals surface area contributed by atoms with Crippen molar-refractivity contribution in [2.75, 3.05) is 11.1 Å². The van der Waals surface area contributed by atoms with Gasteiger partial charge in [0.05, 0.1) is 21.6 Å². The molecule has 2 aromatic carbocycles. The van der Waals surface area contributed by atoms with Crippen molar-refractivity contribution in [3.8, 4) is 0 Å². The van der Waals surface area contributed by atoms with Gasteiger partial charge in [-0.15, -0.1) is 11.8 Å². The molecule has 1 heterocycles. The van der Waals surface area contributed by atoms with E-state index in [0.29, 0.717) is 12.2 Å². The van der Waals surface area contributed by atoms with Crippen molar-refractivity contribution >= 4 is 39.1 Å². The largest absolute Gasteiger partial charge is 0.352 e. The summed E-state index contributed by atoms with van der Waals surface area (Å²) in [5.41, 5.74) is 2.58. The van der Waals surface area contributed by atoms with Gasteiger partial charge in [-0.2, -0.15) is 0 Å². The van der Waals surface area contributed by atoms with Gasteiger partial charge in [-0.05, 0) is 37.6 Å². The van der Waals surface area contributed by atoms with Crippen LogP contribution in [0.25, 0.3) is 0 Å². The van der Waals surface area contributed by atoms with Crippen molar-refractivity contribution in [1.29, 1.82) is 0 Å². The van der Waals surface area contributed by atoms with Gasteiger partial charge in [0.2, 0.25) is 11.8 Å². The van der Waals surface area contributed by atoms with E-state index in [0.717, 1.165) is 16.0 Å². The number of rotatable bonds is 6. The van der Waals surface area contributed by atoms with Crippen LogP contribution in [-0.4, -0.2) is 31.2 Å². The number of thioether (sulfide) groups is 1. The summed E-state index contributed by atoms with van der Waals surface area (Å²) in [4.78, 5) is 25.2. The highest BCUT2D eigenvalue weighted by Gasteiger charge is 2.27. The predicted molar refractivity (Wildman–Crippen MR) is 115 cm³/mol. The number of hydrogen-bond acceptors (Lipinski definition) is 5. The van der Waals surface area contributed by atoms with Crippen LogP contribution in [0.1, 0.15) is 25.0 Å². The van der Waals surface area contributed by atoms with Gasteiger partial charge in [-0.1, -0.05) is 36.8 Å². The first-order valence-electron chi connectivity index (χ1n) is 9.33. The van der Waals surface area contributed by atoms with Gasteiger partial charge in [0.15, 0.2) is 9.84 Å². The van der Waals surface area contributed by atoms with Crippen LogP contribution < -0.4 is 10.6 Å². The summed E-state index contributed by atoms with van der Waals surface area (Å²) in [6, 6.07) is 12.5. The first-order chi connectivity index (χ1) is 13.7. The zero-order chi connectivity index (χ0) is 21.2. The van der Waals surface area contributed by atoms with Crippen molar-refractivity contribution in [3.05, 3.63) is 53.6 Å². The Bertz CT molecular complexity index is 1030. The molecule has 2 aromatic rings. The lowest BCUT2D eigenvalue weighted by atomic mass is 10.1. The zero-order valence-electron chi connectivity index (χ0n) is 16.6. The average molecular weight is 433 g/mol. The smallest absolute Gasteiger partial charge is 0.237 e. The molecule has 0 saturated heterocycles. The van der Waals surface area contributed by atoms with Gasteiger partial charge in [-0.3, -0.25) is 9.59 Å². The Morgan fingerprint density at radius 3 is 2.59 bits per heavy atom. The molecule has 0 bridgehead atoms. The van der Waals surface area contributed by atoms with E-state index < -0.39 is 15.8 Å². The molecule has 2 atom stereocenters. The van der Waals surface area contributed by atoms with E-state index in [4.69, 9.17) is 0 Å². The Balaban J connectivity index is 1.65. The molecule has 1 aliphatic rings. The SMILES string of the molecule is Cc1ccc(CNC(=O)[C@@H](C)CS(=O)(=O)c2ccc3c(c2)NC(=O)[C@@H](C)S3)cc1. The van der Waals surface area contributed by atoms with Crippen LogP contribution in [0.5, 0.6) is 0 Å². The highest BCUT2D eigenvalue weighted by Crippen LogP contribution is 2.37. The third-order valence-corrected chi connectivity index (χ3v) is 7.83. The summed E-state index contributed by atoms with van der Waals surface area (Å²) >= 11 is 1.39. The lowest BCUT2D eigenvalue weighted by molar-refractivity contribution is -0.124. The molecule has 6 nitrogen and oxygen atoms in total. The van der Waals surface area contributed by atoms with Gasteiger partial charge in [0.25, 0.3) is 0 Å². The molecule has 0 fully saturated rings.